The first-order valence-corrected chi connectivity index (χ1v) is 6.37. The molecule has 0 aromatic heterocycles. The van der Waals surface area contributed by atoms with E-state index in [1.165, 1.54) is 5.56 Å². The molecule has 0 bridgehead atoms. The number of ether oxygens (including phenoxy) is 1. The van der Waals surface area contributed by atoms with Crippen molar-refractivity contribution in [1.29, 1.82) is 0 Å². The van der Waals surface area contributed by atoms with Gasteiger partial charge in [0.2, 0.25) is 0 Å². The molecular formula is C13H18N2OS. The second kappa shape index (κ2) is 5.47. The Morgan fingerprint density at radius 3 is 3.00 bits per heavy atom. The summed E-state index contributed by atoms with van der Waals surface area (Å²) in [5, 5.41) is 0. The van der Waals surface area contributed by atoms with Crippen LogP contribution >= 0.6 is 12.2 Å². The first-order chi connectivity index (χ1) is 8.22. The molecule has 1 heterocycles. The van der Waals surface area contributed by atoms with Crippen LogP contribution in [0.4, 0.5) is 0 Å². The fraction of sp³-hybridized carbons (Fsp3) is 0.462. The number of fused-ring (bicyclic) bond motifs is 1. The number of hydrogen-bond acceptors (Lipinski definition) is 3. The van der Waals surface area contributed by atoms with Crippen LogP contribution < -0.4 is 10.5 Å². The average Bonchev–Trinajstić information content (AvgIpc) is 2.51. The number of hydrogen-bond donors (Lipinski definition) is 1. The van der Waals surface area contributed by atoms with E-state index < -0.39 is 0 Å². The number of nitrogens with two attached hydrogens (primary N) is 1. The van der Waals surface area contributed by atoms with E-state index >= 15 is 0 Å². The number of thiocarbonyl (C=S) groups is 1. The van der Waals surface area contributed by atoms with Gasteiger partial charge in [-0.15, -0.1) is 0 Å². The van der Waals surface area contributed by atoms with Gasteiger partial charge in [0.05, 0.1) is 11.0 Å². The maximum Gasteiger partial charge on any atom is 0.123 e. The molecule has 92 valence electrons. The highest BCUT2D eigenvalue weighted by atomic mass is 32.1. The lowest BCUT2D eigenvalue weighted by Gasteiger charge is -2.28. The van der Waals surface area contributed by atoms with Crippen LogP contribution in [0.5, 0.6) is 5.75 Å². The van der Waals surface area contributed by atoms with E-state index in [1.54, 1.807) is 0 Å². The van der Waals surface area contributed by atoms with Gasteiger partial charge < -0.3 is 10.5 Å². The van der Waals surface area contributed by atoms with E-state index in [4.69, 9.17) is 22.7 Å². The van der Waals surface area contributed by atoms with Crippen LogP contribution in [0.25, 0.3) is 0 Å². The van der Waals surface area contributed by atoms with Crippen molar-refractivity contribution < 1.29 is 4.74 Å². The molecule has 1 unspecified atom stereocenters. The van der Waals surface area contributed by atoms with Crippen molar-refractivity contribution in [3.63, 3.8) is 0 Å². The molecule has 17 heavy (non-hydrogen) atoms. The second-order valence-corrected chi connectivity index (χ2v) is 4.72. The minimum absolute atomic E-state index is 0.166. The van der Waals surface area contributed by atoms with Gasteiger partial charge >= 0.3 is 0 Å². The number of benzene rings is 1. The lowest BCUT2D eigenvalue weighted by molar-refractivity contribution is 0.201. The fourth-order valence-corrected chi connectivity index (χ4v) is 2.57. The summed E-state index contributed by atoms with van der Waals surface area (Å²) >= 11 is 5.14. The van der Waals surface area contributed by atoms with Gasteiger partial charge in [-0.3, -0.25) is 4.90 Å². The van der Waals surface area contributed by atoms with E-state index in [0.717, 1.165) is 25.3 Å². The Morgan fingerprint density at radius 2 is 2.29 bits per heavy atom. The van der Waals surface area contributed by atoms with Crippen LogP contribution in [0.15, 0.2) is 24.3 Å². The molecule has 0 amide bonds. The molecule has 0 saturated heterocycles. The number of para-hydroxylation sites is 1. The van der Waals surface area contributed by atoms with Gasteiger partial charge in [-0.2, -0.15) is 0 Å². The molecule has 1 aromatic rings. The van der Waals surface area contributed by atoms with Gasteiger partial charge in [-0.05, 0) is 12.5 Å². The topological polar surface area (TPSA) is 38.5 Å². The quantitative estimate of drug-likeness (QED) is 0.832. The smallest absolute Gasteiger partial charge is 0.123 e. The lowest BCUT2D eigenvalue weighted by Crippen LogP contribution is -2.43. The molecule has 2 N–H and O–H groups in total. The summed E-state index contributed by atoms with van der Waals surface area (Å²) < 4.78 is 5.73. The van der Waals surface area contributed by atoms with Gasteiger partial charge in [0.15, 0.2) is 0 Å². The van der Waals surface area contributed by atoms with Crippen molar-refractivity contribution in [1.82, 2.24) is 4.90 Å². The summed E-state index contributed by atoms with van der Waals surface area (Å²) in [6.45, 7) is 4.52. The van der Waals surface area contributed by atoms with Crippen molar-refractivity contribution in [2.75, 3.05) is 13.2 Å². The number of nitrogens with zero attached hydrogens (tertiary/aromatic N) is 1. The molecule has 1 aliphatic heterocycles. The van der Waals surface area contributed by atoms with Crippen LogP contribution in [-0.2, 0) is 6.54 Å². The summed E-state index contributed by atoms with van der Waals surface area (Å²) in [7, 11) is 0. The molecule has 3 nitrogen and oxygen atoms in total. The third-order valence-corrected chi connectivity index (χ3v) is 3.41. The molecule has 0 spiro atoms. The summed E-state index contributed by atoms with van der Waals surface area (Å²) in [6, 6.07) is 8.31. The van der Waals surface area contributed by atoms with Gasteiger partial charge in [0.25, 0.3) is 0 Å². The predicted molar refractivity (Wildman–Crippen MR) is 73.2 cm³/mol. The zero-order valence-electron chi connectivity index (χ0n) is 10.1. The molecular weight excluding hydrogens is 232 g/mol. The number of rotatable bonds is 3. The van der Waals surface area contributed by atoms with Crippen molar-refractivity contribution in [3.05, 3.63) is 29.8 Å². The van der Waals surface area contributed by atoms with Crippen molar-refractivity contribution in [2.24, 2.45) is 5.73 Å². The van der Waals surface area contributed by atoms with Crippen LogP contribution in [0.1, 0.15) is 18.9 Å². The predicted octanol–water partition coefficient (Wildman–Crippen LogP) is 1.95. The normalized spacial score (nSPS) is 17.7. The summed E-state index contributed by atoms with van der Waals surface area (Å²) in [6.07, 6.45) is 0.942. The zero-order valence-corrected chi connectivity index (χ0v) is 10.9. The largest absolute Gasteiger partial charge is 0.492 e. The molecule has 0 radical (unpaired) electrons. The Labute approximate surface area is 108 Å². The van der Waals surface area contributed by atoms with E-state index in [1.807, 2.05) is 18.2 Å². The lowest BCUT2D eigenvalue weighted by atomic mass is 10.1. The van der Waals surface area contributed by atoms with Gasteiger partial charge in [-0.25, -0.2) is 0 Å². The van der Waals surface area contributed by atoms with Crippen molar-refractivity contribution in [3.8, 4) is 5.75 Å². The van der Waals surface area contributed by atoms with Gasteiger partial charge in [0, 0.05) is 18.7 Å². The van der Waals surface area contributed by atoms with Gasteiger partial charge in [0.1, 0.15) is 12.4 Å². The van der Waals surface area contributed by atoms with Crippen LogP contribution in [0.2, 0.25) is 0 Å². The Balaban J connectivity index is 2.20. The minimum atomic E-state index is 0.166. The van der Waals surface area contributed by atoms with Crippen LogP contribution in [0.3, 0.4) is 0 Å². The Bertz CT molecular complexity index is 408. The molecule has 1 aromatic carbocycles. The zero-order chi connectivity index (χ0) is 12.3. The monoisotopic (exact) mass is 250 g/mol. The molecule has 0 saturated carbocycles. The molecule has 4 heteroatoms. The maximum atomic E-state index is 5.80. The van der Waals surface area contributed by atoms with E-state index in [-0.39, 0.29) is 6.04 Å². The highest BCUT2D eigenvalue weighted by Gasteiger charge is 2.22. The average molecular weight is 250 g/mol. The fourth-order valence-electron chi connectivity index (χ4n) is 2.25. The third kappa shape index (κ3) is 2.76. The molecule has 1 aliphatic rings. The minimum Gasteiger partial charge on any atom is -0.492 e. The first kappa shape index (κ1) is 12.3. The molecule has 1 atom stereocenters. The molecule has 2 rings (SSSR count). The van der Waals surface area contributed by atoms with Gasteiger partial charge in [-0.1, -0.05) is 37.3 Å². The van der Waals surface area contributed by atoms with E-state index in [2.05, 4.69) is 17.9 Å². The van der Waals surface area contributed by atoms with Crippen LogP contribution in [0, 0.1) is 0 Å². The molecule has 0 aliphatic carbocycles. The standard InChI is InChI=1S/C13H18N2OS/c1-2-11(13(14)17)15-7-8-16-12-6-4-3-5-10(12)9-15/h3-6,11H,2,7-9H2,1H3,(H2,14,17). The second-order valence-electron chi connectivity index (χ2n) is 4.25. The van der Waals surface area contributed by atoms with Crippen molar-refractivity contribution in [2.45, 2.75) is 25.9 Å². The SMILES string of the molecule is CCC(C(N)=S)N1CCOc2ccccc2C1. The highest BCUT2D eigenvalue weighted by molar-refractivity contribution is 7.80. The van der Waals surface area contributed by atoms with E-state index in [0.29, 0.717) is 11.6 Å². The summed E-state index contributed by atoms with van der Waals surface area (Å²) in [5.74, 6) is 0.979. The Hall–Kier alpha value is -1.13. The Morgan fingerprint density at radius 1 is 1.53 bits per heavy atom. The summed E-state index contributed by atoms with van der Waals surface area (Å²) in [4.78, 5) is 2.88. The maximum absolute atomic E-state index is 5.80. The summed E-state index contributed by atoms with van der Waals surface area (Å²) in [5.41, 5.74) is 7.01. The Kier molecular flexibility index (Phi) is 3.97. The van der Waals surface area contributed by atoms with Crippen molar-refractivity contribution >= 4 is 17.2 Å². The third-order valence-electron chi connectivity index (χ3n) is 3.14. The highest BCUT2D eigenvalue weighted by Crippen LogP contribution is 2.24. The van der Waals surface area contributed by atoms with Crippen LogP contribution in [-0.4, -0.2) is 29.1 Å². The first-order valence-electron chi connectivity index (χ1n) is 5.96. The van der Waals surface area contributed by atoms with E-state index in [9.17, 15) is 0 Å². The molecule has 0 fully saturated rings.